The Bertz CT molecular complexity index is 1230. The van der Waals surface area contributed by atoms with Gasteiger partial charge >= 0.3 is 0 Å². The largest absolute Gasteiger partial charge is 0.496 e. The van der Waals surface area contributed by atoms with Crippen molar-refractivity contribution in [3.05, 3.63) is 89.5 Å². The molecular formula is C23H22F2N2O4S. The molecule has 0 fully saturated rings. The minimum atomic E-state index is -4.13. The van der Waals surface area contributed by atoms with Crippen LogP contribution in [0.5, 0.6) is 5.75 Å². The third-order valence-electron chi connectivity index (χ3n) is 5.08. The minimum Gasteiger partial charge on any atom is -0.496 e. The van der Waals surface area contributed by atoms with Crippen LogP contribution in [0, 0.1) is 11.6 Å². The van der Waals surface area contributed by atoms with Crippen LogP contribution in [0.2, 0.25) is 0 Å². The standard InChI is InChI=1S/C23H22F2N2O4S/c1-15(19-6-4-5-7-22(19)31-3)27(2)23(28)16-8-10-17(11-9-16)26-32(29,30)18-12-13-20(24)21(25)14-18/h4-15,26H,1-3H3. The first kappa shape index (κ1) is 23.2. The van der Waals surface area contributed by atoms with E-state index >= 15 is 0 Å². The Hall–Kier alpha value is -3.46. The molecule has 0 saturated heterocycles. The van der Waals surface area contributed by atoms with Crippen molar-refractivity contribution >= 4 is 21.6 Å². The highest BCUT2D eigenvalue weighted by atomic mass is 32.2. The molecule has 1 amide bonds. The van der Waals surface area contributed by atoms with E-state index in [1.807, 2.05) is 31.2 Å². The second-order valence-corrected chi connectivity index (χ2v) is 8.78. The van der Waals surface area contributed by atoms with Gasteiger partial charge in [-0.2, -0.15) is 0 Å². The fourth-order valence-electron chi connectivity index (χ4n) is 3.14. The fourth-order valence-corrected chi connectivity index (χ4v) is 4.21. The molecule has 168 valence electrons. The number of methoxy groups -OCH3 is 1. The molecular weight excluding hydrogens is 438 g/mol. The first-order chi connectivity index (χ1) is 15.1. The van der Waals surface area contributed by atoms with E-state index in [1.54, 1.807) is 19.1 Å². The molecule has 0 saturated carbocycles. The lowest BCUT2D eigenvalue weighted by molar-refractivity contribution is 0.0741. The van der Waals surface area contributed by atoms with Gasteiger partial charge in [0.1, 0.15) is 5.75 Å². The van der Waals surface area contributed by atoms with Gasteiger partial charge in [-0.1, -0.05) is 18.2 Å². The number of hydrogen-bond acceptors (Lipinski definition) is 4. The van der Waals surface area contributed by atoms with Gasteiger partial charge in [0.25, 0.3) is 15.9 Å². The van der Waals surface area contributed by atoms with E-state index in [9.17, 15) is 22.0 Å². The fraction of sp³-hybridized carbons (Fsp3) is 0.174. The van der Waals surface area contributed by atoms with Gasteiger partial charge in [-0.3, -0.25) is 9.52 Å². The zero-order valence-electron chi connectivity index (χ0n) is 17.7. The number of anilines is 1. The summed E-state index contributed by atoms with van der Waals surface area (Å²) in [7, 11) is -0.896. The van der Waals surface area contributed by atoms with Gasteiger partial charge in [-0.15, -0.1) is 0 Å². The summed E-state index contributed by atoms with van der Waals surface area (Å²) in [5, 5.41) is 0. The van der Waals surface area contributed by atoms with Gasteiger partial charge < -0.3 is 9.64 Å². The van der Waals surface area contributed by atoms with Gasteiger partial charge in [0.05, 0.1) is 18.0 Å². The van der Waals surface area contributed by atoms with E-state index in [0.29, 0.717) is 17.4 Å². The van der Waals surface area contributed by atoms with Gasteiger partial charge in [-0.05, 0) is 55.5 Å². The van der Waals surface area contributed by atoms with Gasteiger partial charge in [0, 0.05) is 23.9 Å². The Morgan fingerprint density at radius 1 is 1.00 bits per heavy atom. The zero-order chi connectivity index (χ0) is 23.5. The number of ether oxygens (including phenoxy) is 1. The lowest BCUT2D eigenvalue weighted by Crippen LogP contribution is -2.29. The van der Waals surface area contributed by atoms with Crippen LogP contribution in [0.4, 0.5) is 14.5 Å². The highest BCUT2D eigenvalue weighted by Crippen LogP contribution is 2.29. The third-order valence-corrected chi connectivity index (χ3v) is 6.45. The van der Waals surface area contributed by atoms with E-state index < -0.39 is 26.6 Å². The van der Waals surface area contributed by atoms with Gasteiger partial charge in [0.15, 0.2) is 11.6 Å². The lowest BCUT2D eigenvalue weighted by atomic mass is 10.0. The quantitative estimate of drug-likeness (QED) is 0.559. The van der Waals surface area contributed by atoms with E-state index in [-0.39, 0.29) is 17.6 Å². The van der Waals surface area contributed by atoms with Crippen LogP contribution in [0.1, 0.15) is 28.9 Å². The Labute approximate surface area is 185 Å². The molecule has 0 aliphatic carbocycles. The van der Waals surface area contributed by atoms with E-state index in [0.717, 1.165) is 17.7 Å². The predicted molar refractivity (Wildman–Crippen MR) is 117 cm³/mol. The monoisotopic (exact) mass is 460 g/mol. The summed E-state index contributed by atoms with van der Waals surface area (Å²) in [4.78, 5) is 14.1. The Morgan fingerprint density at radius 2 is 1.66 bits per heavy atom. The summed E-state index contributed by atoms with van der Waals surface area (Å²) < 4.78 is 58.9. The number of rotatable bonds is 7. The van der Waals surface area contributed by atoms with Crippen molar-refractivity contribution in [1.82, 2.24) is 4.90 Å². The molecule has 1 N–H and O–H groups in total. The maximum Gasteiger partial charge on any atom is 0.261 e. The van der Waals surface area contributed by atoms with E-state index in [1.165, 1.54) is 24.3 Å². The highest BCUT2D eigenvalue weighted by molar-refractivity contribution is 7.92. The minimum absolute atomic E-state index is 0.173. The average molecular weight is 461 g/mol. The second kappa shape index (κ2) is 9.35. The smallest absolute Gasteiger partial charge is 0.261 e. The van der Waals surface area contributed by atoms with Crippen LogP contribution < -0.4 is 9.46 Å². The first-order valence-corrected chi connectivity index (χ1v) is 11.1. The summed E-state index contributed by atoms with van der Waals surface area (Å²) in [6.07, 6.45) is 0. The molecule has 0 bridgehead atoms. The SMILES string of the molecule is COc1ccccc1C(C)N(C)C(=O)c1ccc(NS(=O)(=O)c2ccc(F)c(F)c2)cc1. The van der Waals surface area contributed by atoms with Crippen molar-refractivity contribution in [2.75, 3.05) is 18.9 Å². The topological polar surface area (TPSA) is 75.7 Å². The molecule has 0 aliphatic rings. The van der Waals surface area contributed by atoms with Crippen molar-refractivity contribution in [1.29, 1.82) is 0 Å². The third kappa shape index (κ3) is 4.88. The van der Waals surface area contributed by atoms with Crippen LogP contribution in [-0.4, -0.2) is 33.4 Å². The van der Waals surface area contributed by atoms with E-state index in [4.69, 9.17) is 4.74 Å². The number of carbonyl (C=O) groups is 1. The Kier molecular flexibility index (Phi) is 6.78. The molecule has 0 aromatic heterocycles. The van der Waals surface area contributed by atoms with Crippen molar-refractivity contribution in [3.8, 4) is 5.75 Å². The molecule has 0 radical (unpaired) electrons. The second-order valence-electron chi connectivity index (χ2n) is 7.09. The summed E-state index contributed by atoms with van der Waals surface area (Å²) in [6.45, 7) is 1.88. The molecule has 32 heavy (non-hydrogen) atoms. The molecule has 3 aromatic carbocycles. The van der Waals surface area contributed by atoms with E-state index in [2.05, 4.69) is 4.72 Å². The predicted octanol–water partition coefficient (Wildman–Crippen LogP) is 4.61. The first-order valence-electron chi connectivity index (χ1n) is 9.62. The van der Waals surface area contributed by atoms with Crippen LogP contribution in [0.3, 0.4) is 0 Å². The highest BCUT2D eigenvalue weighted by Gasteiger charge is 2.22. The van der Waals surface area contributed by atoms with Gasteiger partial charge in [0.2, 0.25) is 0 Å². The van der Waals surface area contributed by atoms with Crippen molar-refractivity contribution in [2.24, 2.45) is 0 Å². The number of amides is 1. The Morgan fingerprint density at radius 3 is 2.28 bits per heavy atom. The zero-order valence-corrected chi connectivity index (χ0v) is 18.5. The number of benzene rings is 3. The molecule has 0 spiro atoms. The number of nitrogens with zero attached hydrogens (tertiary/aromatic N) is 1. The van der Waals surface area contributed by atoms with Crippen LogP contribution in [-0.2, 0) is 10.0 Å². The van der Waals surface area contributed by atoms with Crippen molar-refractivity contribution in [2.45, 2.75) is 17.9 Å². The number of halogens is 2. The number of hydrogen-bond donors (Lipinski definition) is 1. The lowest BCUT2D eigenvalue weighted by Gasteiger charge is -2.26. The summed E-state index contributed by atoms with van der Waals surface area (Å²) >= 11 is 0. The van der Waals surface area contributed by atoms with Crippen LogP contribution in [0.15, 0.2) is 71.6 Å². The van der Waals surface area contributed by atoms with Crippen molar-refractivity contribution in [3.63, 3.8) is 0 Å². The average Bonchev–Trinajstić information content (AvgIpc) is 2.79. The Balaban J connectivity index is 1.76. The number of sulfonamides is 1. The molecule has 1 atom stereocenters. The van der Waals surface area contributed by atoms with Gasteiger partial charge in [-0.25, -0.2) is 17.2 Å². The molecule has 1 unspecified atom stereocenters. The molecule has 9 heteroatoms. The molecule has 3 aromatic rings. The maximum absolute atomic E-state index is 13.4. The molecule has 6 nitrogen and oxygen atoms in total. The molecule has 3 rings (SSSR count). The summed E-state index contributed by atoms with van der Waals surface area (Å²) in [6, 6.07) is 15.2. The molecule has 0 aliphatic heterocycles. The summed E-state index contributed by atoms with van der Waals surface area (Å²) in [5.41, 5.74) is 1.37. The maximum atomic E-state index is 13.4. The van der Waals surface area contributed by atoms with Crippen LogP contribution in [0.25, 0.3) is 0 Å². The number of carbonyl (C=O) groups excluding carboxylic acids is 1. The number of nitrogens with one attached hydrogen (secondary N) is 1. The van der Waals surface area contributed by atoms with Crippen molar-refractivity contribution < 1.29 is 26.7 Å². The molecule has 0 heterocycles. The number of para-hydroxylation sites is 1. The summed E-state index contributed by atoms with van der Waals surface area (Å²) in [5.74, 6) is -2.00. The normalized spacial score (nSPS) is 12.2. The van der Waals surface area contributed by atoms with Crippen LogP contribution >= 0.6 is 0 Å².